The van der Waals surface area contributed by atoms with Crippen molar-refractivity contribution in [2.75, 3.05) is 13.7 Å². The summed E-state index contributed by atoms with van der Waals surface area (Å²) in [6.07, 6.45) is 4.65. The first kappa shape index (κ1) is 24.6. The Kier molecular flexibility index (Phi) is 6.78. The van der Waals surface area contributed by atoms with Crippen molar-refractivity contribution >= 4 is 17.8 Å². The molecule has 0 atom stereocenters. The van der Waals surface area contributed by atoms with Crippen molar-refractivity contribution in [1.29, 1.82) is 0 Å². The Morgan fingerprint density at radius 2 is 1.50 bits per heavy atom. The second-order valence-corrected chi connectivity index (χ2v) is 8.18. The molecule has 2 N–H and O–H groups in total. The molecule has 1 fully saturated rings. The molecular formula is C26H21N5O7. The number of hydrogen-bond donors (Lipinski definition) is 2. The van der Waals surface area contributed by atoms with Gasteiger partial charge < -0.3 is 18.6 Å². The summed E-state index contributed by atoms with van der Waals surface area (Å²) in [5.74, 6) is 0.0111. The summed E-state index contributed by atoms with van der Waals surface area (Å²) in [6.45, 7) is 0.0575. The zero-order chi connectivity index (χ0) is 26.5. The van der Waals surface area contributed by atoms with Crippen molar-refractivity contribution in [2.24, 2.45) is 0 Å². The van der Waals surface area contributed by atoms with Gasteiger partial charge in [-0.3, -0.25) is 20.2 Å². The van der Waals surface area contributed by atoms with Gasteiger partial charge in [-0.25, -0.2) is 9.78 Å². The van der Waals surface area contributed by atoms with Gasteiger partial charge in [0.1, 0.15) is 29.2 Å². The second kappa shape index (κ2) is 10.5. The van der Waals surface area contributed by atoms with Crippen LogP contribution in [-0.2, 0) is 14.3 Å². The van der Waals surface area contributed by atoms with Gasteiger partial charge in [-0.2, -0.15) is 10.2 Å². The molecule has 4 aromatic rings. The molecule has 1 saturated heterocycles. The molecule has 0 unspecified atom stereocenters. The van der Waals surface area contributed by atoms with E-state index in [2.05, 4.69) is 25.8 Å². The van der Waals surface area contributed by atoms with E-state index in [0.29, 0.717) is 23.1 Å². The molecule has 5 rings (SSSR count). The number of aromatic nitrogens is 3. The van der Waals surface area contributed by atoms with E-state index in [1.165, 1.54) is 7.11 Å². The Labute approximate surface area is 215 Å². The van der Waals surface area contributed by atoms with Crippen LogP contribution in [0.15, 0.2) is 77.7 Å². The van der Waals surface area contributed by atoms with E-state index in [1.807, 2.05) is 12.1 Å². The number of benzene rings is 2. The van der Waals surface area contributed by atoms with Crippen molar-refractivity contribution < 1.29 is 33.0 Å². The van der Waals surface area contributed by atoms with Crippen molar-refractivity contribution in [3.8, 4) is 40.0 Å². The third-order valence-corrected chi connectivity index (χ3v) is 5.68. The van der Waals surface area contributed by atoms with E-state index < -0.39 is 23.4 Å². The predicted octanol–water partition coefficient (Wildman–Crippen LogP) is 3.11. The van der Waals surface area contributed by atoms with E-state index in [1.54, 1.807) is 61.1 Å². The molecule has 1 aliphatic rings. The highest BCUT2D eigenvalue weighted by Gasteiger charge is 2.52. The Morgan fingerprint density at radius 1 is 0.842 bits per heavy atom. The van der Waals surface area contributed by atoms with Gasteiger partial charge in [0, 0.05) is 24.7 Å². The fraction of sp³-hybridized carbons (Fsp3) is 0.154. The predicted molar refractivity (Wildman–Crippen MR) is 131 cm³/mol. The third-order valence-electron chi connectivity index (χ3n) is 5.68. The number of oxazole rings is 1. The van der Waals surface area contributed by atoms with Crippen LogP contribution in [0.4, 0.5) is 4.79 Å². The van der Waals surface area contributed by atoms with E-state index in [-0.39, 0.29) is 18.8 Å². The van der Waals surface area contributed by atoms with Crippen LogP contribution in [0.1, 0.15) is 6.42 Å². The number of rotatable bonds is 9. The number of nitrogens with one attached hydrogen (secondary N) is 2. The average Bonchev–Trinajstić information content (AvgIpc) is 3.42. The van der Waals surface area contributed by atoms with Crippen LogP contribution in [0, 0.1) is 0 Å². The van der Waals surface area contributed by atoms with Crippen LogP contribution < -0.4 is 20.1 Å². The van der Waals surface area contributed by atoms with Crippen LogP contribution >= 0.6 is 0 Å². The molecule has 0 radical (unpaired) electrons. The molecule has 3 heterocycles. The van der Waals surface area contributed by atoms with Gasteiger partial charge in [0.05, 0.1) is 19.0 Å². The second-order valence-electron chi connectivity index (χ2n) is 8.18. The maximum atomic E-state index is 12.5. The summed E-state index contributed by atoms with van der Waals surface area (Å²) in [6, 6.07) is 14.4. The number of urea groups is 1. The minimum atomic E-state index is -1.95. The smallest absolute Gasteiger partial charge is 0.328 e. The first-order chi connectivity index (χ1) is 18.5. The fourth-order valence-electron chi connectivity index (χ4n) is 3.72. The molecule has 2 aromatic heterocycles. The molecule has 0 aliphatic carbocycles. The molecule has 0 spiro atoms. The Morgan fingerprint density at radius 3 is 2.13 bits per heavy atom. The van der Waals surface area contributed by atoms with Crippen molar-refractivity contribution in [3.05, 3.63) is 73.3 Å². The first-order valence-electron chi connectivity index (χ1n) is 11.4. The number of ether oxygens (including phenoxy) is 3. The minimum absolute atomic E-state index is 0.0575. The summed E-state index contributed by atoms with van der Waals surface area (Å²) in [4.78, 5) is 41.1. The SMILES string of the molecule is COCCC1(Oc2ccc(Oc3ccc(-c4nc(-c5ccnnc5)co4)cc3)cc2)C(=O)NC(=O)NC1=O. The highest BCUT2D eigenvalue weighted by molar-refractivity contribution is 6.21. The van der Waals surface area contributed by atoms with E-state index in [0.717, 1.165) is 11.1 Å². The monoisotopic (exact) mass is 515 g/mol. The maximum absolute atomic E-state index is 12.5. The normalized spacial score (nSPS) is 14.5. The number of carbonyl (C=O) groups excluding carboxylic acids is 3. The molecule has 4 amide bonds. The molecule has 1 aliphatic heterocycles. The molecule has 38 heavy (non-hydrogen) atoms. The zero-order valence-electron chi connectivity index (χ0n) is 20.0. The fourth-order valence-corrected chi connectivity index (χ4v) is 3.72. The Balaban J connectivity index is 1.26. The third kappa shape index (κ3) is 5.06. The number of amides is 4. The lowest BCUT2D eigenvalue weighted by Crippen LogP contribution is -2.69. The average molecular weight is 515 g/mol. The highest BCUT2D eigenvalue weighted by Crippen LogP contribution is 2.30. The molecule has 192 valence electrons. The summed E-state index contributed by atoms with van der Waals surface area (Å²) in [5, 5.41) is 11.7. The molecule has 12 nitrogen and oxygen atoms in total. The van der Waals surface area contributed by atoms with Crippen LogP contribution in [0.2, 0.25) is 0 Å². The van der Waals surface area contributed by atoms with E-state index in [4.69, 9.17) is 18.6 Å². The van der Waals surface area contributed by atoms with E-state index >= 15 is 0 Å². The number of barbiturate groups is 1. The standard InChI is InChI=1S/C26H21N5O7/c1-35-13-11-26(23(32)30-25(34)31-24(26)33)38-20-8-6-19(7-9-20)37-18-4-2-16(3-5-18)22-29-21(15-36-22)17-10-12-27-28-14-17/h2-10,12,14-15H,11,13H2,1H3,(H2,30,31,32,33,34). The number of methoxy groups -OCH3 is 1. The topological polar surface area (TPSA) is 155 Å². The van der Waals surface area contributed by atoms with Gasteiger partial charge in [0.25, 0.3) is 17.4 Å². The van der Waals surface area contributed by atoms with Crippen LogP contribution in [0.25, 0.3) is 22.7 Å². The van der Waals surface area contributed by atoms with Crippen molar-refractivity contribution in [2.45, 2.75) is 12.0 Å². The molecule has 0 saturated carbocycles. The van der Waals surface area contributed by atoms with Gasteiger partial charge in [0.2, 0.25) is 5.89 Å². The number of imide groups is 2. The van der Waals surface area contributed by atoms with Crippen LogP contribution in [0.3, 0.4) is 0 Å². The lowest BCUT2D eigenvalue weighted by Gasteiger charge is -2.34. The molecule has 0 bridgehead atoms. The van der Waals surface area contributed by atoms with Gasteiger partial charge in [-0.15, -0.1) is 0 Å². The number of nitrogens with zero attached hydrogens (tertiary/aromatic N) is 3. The summed E-state index contributed by atoms with van der Waals surface area (Å²) < 4.78 is 22.3. The van der Waals surface area contributed by atoms with Crippen molar-refractivity contribution in [1.82, 2.24) is 25.8 Å². The first-order valence-corrected chi connectivity index (χ1v) is 11.4. The minimum Gasteiger partial charge on any atom is -0.467 e. The molecular weight excluding hydrogens is 494 g/mol. The lowest BCUT2D eigenvalue weighted by atomic mass is 9.95. The molecule has 2 aromatic carbocycles. The summed E-state index contributed by atoms with van der Waals surface area (Å²) in [5.41, 5.74) is 0.260. The van der Waals surface area contributed by atoms with Crippen molar-refractivity contribution in [3.63, 3.8) is 0 Å². The quantitative estimate of drug-likeness (QED) is 0.318. The van der Waals surface area contributed by atoms with Gasteiger partial charge in [-0.1, -0.05) is 0 Å². The zero-order valence-corrected chi connectivity index (χ0v) is 20.0. The summed E-state index contributed by atoms with van der Waals surface area (Å²) in [7, 11) is 1.43. The Bertz CT molecular complexity index is 1430. The Hall–Kier alpha value is -5.10. The van der Waals surface area contributed by atoms with E-state index in [9.17, 15) is 14.4 Å². The number of hydrogen-bond acceptors (Lipinski definition) is 10. The lowest BCUT2D eigenvalue weighted by molar-refractivity contribution is -0.153. The largest absolute Gasteiger partial charge is 0.467 e. The highest BCUT2D eigenvalue weighted by atomic mass is 16.5. The van der Waals surface area contributed by atoms with Gasteiger partial charge in [0.15, 0.2) is 0 Å². The number of carbonyl (C=O) groups is 3. The van der Waals surface area contributed by atoms with Gasteiger partial charge >= 0.3 is 6.03 Å². The maximum Gasteiger partial charge on any atom is 0.328 e. The van der Waals surface area contributed by atoms with Crippen LogP contribution in [-0.4, -0.2) is 52.3 Å². The molecule has 12 heteroatoms. The summed E-state index contributed by atoms with van der Waals surface area (Å²) >= 11 is 0. The van der Waals surface area contributed by atoms with Gasteiger partial charge in [-0.05, 0) is 54.6 Å². The van der Waals surface area contributed by atoms with Crippen LogP contribution in [0.5, 0.6) is 17.2 Å².